The summed E-state index contributed by atoms with van der Waals surface area (Å²) in [5.41, 5.74) is 4.01. The number of methoxy groups -OCH3 is 2. The van der Waals surface area contributed by atoms with Gasteiger partial charge in [-0.15, -0.1) is 0 Å². The van der Waals surface area contributed by atoms with E-state index < -0.39 is 0 Å². The third kappa shape index (κ3) is 3.90. The summed E-state index contributed by atoms with van der Waals surface area (Å²) in [4.78, 5) is 0. The summed E-state index contributed by atoms with van der Waals surface area (Å²) in [6.07, 6.45) is 1.50. The van der Waals surface area contributed by atoms with Gasteiger partial charge in [-0.25, -0.2) is 0 Å². The Morgan fingerprint density at radius 2 is 1.81 bits per heavy atom. The topological polar surface area (TPSA) is 56.5 Å². The molecule has 0 aliphatic rings. The van der Waals surface area contributed by atoms with Crippen molar-refractivity contribution in [3.8, 4) is 0 Å². The molecule has 0 heterocycles. The van der Waals surface area contributed by atoms with Crippen LogP contribution in [0, 0.1) is 0 Å². The fourth-order valence-electron chi connectivity index (χ4n) is 1.69. The van der Waals surface area contributed by atoms with Gasteiger partial charge in [0, 0.05) is 14.2 Å². The van der Waals surface area contributed by atoms with Gasteiger partial charge in [-0.05, 0) is 18.4 Å². The quantitative estimate of drug-likeness (QED) is 0.413. The molecule has 1 rings (SSSR count). The highest BCUT2D eigenvalue weighted by Crippen LogP contribution is 2.09. The summed E-state index contributed by atoms with van der Waals surface area (Å²) >= 11 is 0. The molecule has 0 radical (unpaired) electrons. The molecule has 0 bridgehead atoms. The highest BCUT2D eigenvalue weighted by atomic mass is 16.7. The number of hydrogen-bond donors (Lipinski definition) is 2. The van der Waals surface area contributed by atoms with E-state index in [1.54, 1.807) is 14.2 Å². The van der Waals surface area contributed by atoms with Crippen molar-refractivity contribution in [3.05, 3.63) is 35.9 Å². The van der Waals surface area contributed by atoms with Gasteiger partial charge in [0.1, 0.15) is 0 Å². The van der Waals surface area contributed by atoms with Crippen molar-refractivity contribution in [2.75, 3.05) is 14.2 Å². The van der Waals surface area contributed by atoms with Crippen LogP contribution >= 0.6 is 0 Å². The molecular weight excluding hydrogens is 204 g/mol. The van der Waals surface area contributed by atoms with E-state index in [-0.39, 0.29) is 12.3 Å². The summed E-state index contributed by atoms with van der Waals surface area (Å²) in [6, 6.07) is 10.3. The minimum absolute atomic E-state index is 0.00444. The van der Waals surface area contributed by atoms with E-state index in [1.807, 2.05) is 18.2 Å². The van der Waals surface area contributed by atoms with E-state index in [4.69, 9.17) is 15.3 Å². The second-order valence-corrected chi connectivity index (χ2v) is 3.64. The Morgan fingerprint density at radius 1 is 1.19 bits per heavy atom. The molecule has 0 spiro atoms. The van der Waals surface area contributed by atoms with Crippen molar-refractivity contribution in [1.82, 2.24) is 5.43 Å². The van der Waals surface area contributed by atoms with Crippen molar-refractivity contribution in [2.24, 2.45) is 5.84 Å². The lowest BCUT2D eigenvalue weighted by Crippen LogP contribution is -2.46. The summed E-state index contributed by atoms with van der Waals surface area (Å²) in [7, 11) is 3.22. The van der Waals surface area contributed by atoms with Crippen molar-refractivity contribution in [1.29, 1.82) is 0 Å². The summed E-state index contributed by atoms with van der Waals surface area (Å²) < 4.78 is 10.4. The Morgan fingerprint density at radius 3 is 2.31 bits per heavy atom. The van der Waals surface area contributed by atoms with E-state index >= 15 is 0 Å². The van der Waals surface area contributed by atoms with E-state index in [0.29, 0.717) is 0 Å². The van der Waals surface area contributed by atoms with Crippen LogP contribution in [0.3, 0.4) is 0 Å². The zero-order chi connectivity index (χ0) is 11.8. The molecule has 3 N–H and O–H groups in total. The first-order valence-electron chi connectivity index (χ1n) is 5.37. The fourth-order valence-corrected chi connectivity index (χ4v) is 1.69. The zero-order valence-corrected chi connectivity index (χ0v) is 9.85. The summed E-state index contributed by atoms with van der Waals surface area (Å²) in [5.74, 6) is 5.48. The van der Waals surface area contributed by atoms with E-state index in [0.717, 1.165) is 12.8 Å². The Balaban J connectivity index is 2.45. The summed E-state index contributed by atoms with van der Waals surface area (Å²) in [6.45, 7) is 0. The number of hydrazine groups is 1. The SMILES string of the molecule is COC(OC)C(CCc1ccccc1)NN. The van der Waals surface area contributed by atoms with E-state index in [2.05, 4.69) is 17.6 Å². The van der Waals surface area contributed by atoms with Crippen LogP contribution in [0.25, 0.3) is 0 Å². The number of aryl methyl sites for hydroxylation is 1. The predicted molar refractivity (Wildman–Crippen MR) is 63.7 cm³/mol. The second kappa shape index (κ2) is 7.35. The molecule has 90 valence electrons. The Labute approximate surface area is 96.7 Å². The monoisotopic (exact) mass is 224 g/mol. The van der Waals surface area contributed by atoms with Crippen LogP contribution in [-0.2, 0) is 15.9 Å². The second-order valence-electron chi connectivity index (χ2n) is 3.64. The molecule has 0 aliphatic heterocycles. The van der Waals surface area contributed by atoms with Gasteiger partial charge < -0.3 is 9.47 Å². The van der Waals surface area contributed by atoms with Crippen LogP contribution in [-0.4, -0.2) is 26.6 Å². The number of nitrogens with two attached hydrogens (primary N) is 1. The van der Waals surface area contributed by atoms with Crippen molar-refractivity contribution >= 4 is 0 Å². The highest BCUT2D eigenvalue weighted by Gasteiger charge is 2.18. The van der Waals surface area contributed by atoms with Gasteiger partial charge in [-0.1, -0.05) is 30.3 Å². The standard InChI is InChI=1S/C12H20N2O2/c1-15-12(16-2)11(14-13)9-8-10-6-4-3-5-7-10/h3-7,11-12,14H,8-9,13H2,1-2H3. The molecule has 4 nitrogen and oxygen atoms in total. The van der Waals surface area contributed by atoms with Gasteiger partial charge in [0.15, 0.2) is 6.29 Å². The molecule has 0 saturated carbocycles. The molecule has 0 aromatic heterocycles. The van der Waals surface area contributed by atoms with Gasteiger partial charge in [0.25, 0.3) is 0 Å². The Hall–Kier alpha value is -0.940. The lowest BCUT2D eigenvalue weighted by atomic mass is 10.1. The van der Waals surface area contributed by atoms with Crippen molar-refractivity contribution in [3.63, 3.8) is 0 Å². The average molecular weight is 224 g/mol. The summed E-state index contributed by atoms with van der Waals surface area (Å²) in [5, 5.41) is 0. The maximum absolute atomic E-state index is 5.48. The molecule has 0 saturated heterocycles. The number of rotatable bonds is 7. The Kier molecular flexibility index (Phi) is 6.03. The van der Waals surface area contributed by atoms with Crippen molar-refractivity contribution < 1.29 is 9.47 Å². The van der Waals surface area contributed by atoms with Gasteiger partial charge >= 0.3 is 0 Å². The third-order valence-electron chi connectivity index (χ3n) is 2.59. The largest absolute Gasteiger partial charge is 0.354 e. The maximum Gasteiger partial charge on any atom is 0.173 e. The fraction of sp³-hybridized carbons (Fsp3) is 0.500. The van der Waals surface area contributed by atoms with Gasteiger partial charge in [0.2, 0.25) is 0 Å². The molecule has 1 aromatic rings. The first-order valence-corrected chi connectivity index (χ1v) is 5.37. The lowest BCUT2D eigenvalue weighted by molar-refractivity contribution is -0.124. The molecule has 0 fully saturated rings. The normalized spacial score (nSPS) is 13.0. The maximum atomic E-state index is 5.48. The van der Waals surface area contributed by atoms with Crippen LogP contribution in [0.4, 0.5) is 0 Å². The van der Waals surface area contributed by atoms with Crippen LogP contribution in [0.15, 0.2) is 30.3 Å². The Bertz CT molecular complexity index is 276. The average Bonchev–Trinajstić information content (AvgIpc) is 2.35. The van der Waals surface area contributed by atoms with E-state index in [9.17, 15) is 0 Å². The van der Waals surface area contributed by atoms with Gasteiger partial charge in [0.05, 0.1) is 6.04 Å². The number of hydrogen-bond acceptors (Lipinski definition) is 4. The molecule has 1 atom stereocenters. The smallest absolute Gasteiger partial charge is 0.173 e. The van der Waals surface area contributed by atoms with E-state index in [1.165, 1.54) is 5.56 Å². The third-order valence-corrected chi connectivity index (χ3v) is 2.59. The van der Waals surface area contributed by atoms with Crippen LogP contribution in [0.2, 0.25) is 0 Å². The predicted octanol–water partition coefficient (Wildman–Crippen LogP) is 1.07. The zero-order valence-electron chi connectivity index (χ0n) is 9.85. The first-order chi connectivity index (χ1) is 7.81. The molecule has 16 heavy (non-hydrogen) atoms. The van der Waals surface area contributed by atoms with Crippen LogP contribution < -0.4 is 11.3 Å². The molecule has 1 aromatic carbocycles. The lowest BCUT2D eigenvalue weighted by Gasteiger charge is -2.23. The molecule has 0 aliphatic carbocycles. The van der Waals surface area contributed by atoms with Gasteiger partial charge in [-0.3, -0.25) is 11.3 Å². The minimum atomic E-state index is -0.311. The van der Waals surface area contributed by atoms with Crippen molar-refractivity contribution in [2.45, 2.75) is 25.2 Å². The van der Waals surface area contributed by atoms with Crippen LogP contribution in [0.1, 0.15) is 12.0 Å². The van der Waals surface area contributed by atoms with Crippen LogP contribution in [0.5, 0.6) is 0 Å². The molecule has 0 amide bonds. The molecular formula is C12H20N2O2. The number of ether oxygens (including phenoxy) is 2. The molecule has 4 heteroatoms. The highest BCUT2D eigenvalue weighted by molar-refractivity contribution is 5.14. The van der Waals surface area contributed by atoms with Gasteiger partial charge in [-0.2, -0.15) is 0 Å². The molecule has 1 unspecified atom stereocenters. The first kappa shape index (κ1) is 13.1. The number of nitrogens with one attached hydrogen (secondary N) is 1. The minimum Gasteiger partial charge on any atom is -0.354 e. The number of benzene rings is 1.